The number of aromatic amines is 1. The number of alkyl halides is 3. The Morgan fingerprint density at radius 3 is 2.26 bits per heavy atom. The van der Waals surface area contributed by atoms with Gasteiger partial charge in [-0.3, -0.25) is 0 Å². The Balaban J connectivity index is 1.84. The van der Waals surface area contributed by atoms with Crippen LogP contribution in [-0.4, -0.2) is 17.5 Å². The number of ether oxygens (including phenoxy) is 3. The minimum absolute atomic E-state index is 0.0153. The quantitative estimate of drug-likeness (QED) is 0.276. The summed E-state index contributed by atoms with van der Waals surface area (Å²) in [4.78, 5) is 2.96. The van der Waals surface area contributed by atoms with Crippen LogP contribution in [0.1, 0.15) is 19.5 Å². The smallest absolute Gasteiger partial charge is 0.491 e. The molecule has 0 saturated heterocycles. The molecular formula is C25H17Cl2F3N2O3. The number of halogens is 5. The normalized spacial score (nSPS) is 11.5. The van der Waals surface area contributed by atoms with E-state index in [9.17, 15) is 18.4 Å². The average molecular weight is 521 g/mol. The topological polar surface area (TPSA) is 67.3 Å². The van der Waals surface area contributed by atoms with Crippen LogP contribution in [0.25, 0.3) is 22.0 Å². The van der Waals surface area contributed by atoms with Crippen molar-refractivity contribution in [2.75, 3.05) is 0 Å². The fraction of sp³-hybridized carbons (Fsp3) is 0.160. The van der Waals surface area contributed by atoms with Crippen LogP contribution in [0.5, 0.6) is 23.0 Å². The summed E-state index contributed by atoms with van der Waals surface area (Å²) in [6.45, 7) is 3.82. The summed E-state index contributed by atoms with van der Waals surface area (Å²) in [5, 5.41) is 9.92. The van der Waals surface area contributed by atoms with Gasteiger partial charge in [0, 0.05) is 22.5 Å². The van der Waals surface area contributed by atoms with Crippen LogP contribution >= 0.6 is 23.2 Å². The van der Waals surface area contributed by atoms with Gasteiger partial charge < -0.3 is 19.2 Å². The molecule has 3 aromatic carbocycles. The zero-order valence-corrected chi connectivity index (χ0v) is 19.8. The predicted octanol–water partition coefficient (Wildman–Crippen LogP) is 8.49. The van der Waals surface area contributed by atoms with Gasteiger partial charge in [0.25, 0.3) is 0 Å². The number of aromatic nitrogens is 1. The maximum atomic E-state index is 12.8. The highest BCUT2D eigenvalue weighted by Gasteiger charge is 2.32. The number of fused-ring (bicyclic) bond motifs is 1. The molecule has 0 aliphatic carbocycles. The second kappa shape index (κ2) is 9.61. The molecule has 0 bridgehead atoms. The third kappa shape index (κ3) is 5.42. The van der Waals surface area contributed by atoms with E-state index in [1.165, 1.54) is 12.1 Å². The molecule has 4 rings (SSSR count). The van der Waals surface area contributed by atoms with Crippen molar-refractivity contribution >= 4 is 34.1 Å². The molecule has 0 spiro atoms. The van der Waals surface area contributed by atoms with E-state index in [1.807, 2.05) is 19.9 Å². The zero-order valence-electron chi connectivity index (χ0n) is 18.3. The van der Waals surface area contributed by atoms with Crippen LogP contribution in [0.15, 0.2) is 54.6 Å². The Morgan fingerprint density at radius 1 is 0.943 bits per heavy atom. The molecule has 0 aliphatic rings. The molecule has 0 amide bonds. The molecule has 1 N–H and O–H groups in total. The van der Waals surface area contributed by atoms with Crippen LogP contribution in [0.3, 0.4) is 0 Å². The molecule has 4 aromatic rings. The highest BCUT2D eigenvalue weighted by atomic mass is 35.5. The molecule has 1 heterocycles. The number of nitrogens with one attached hydrogen (secondary N) is 1. The van der Waals surface area contributed by atoms with Gasteiger partial charge in [-0.15, -0.1) is 13.2 Å². The SMILES string of the molecule is CC(C)Oc1ccc(-c2c(Oc3ccc(Cl)c(OC(F)(F)F)c3)ccc3[nH]c(C#N)c(Cl)c23)cc1. The van der Waals surface area contributed by atoms with Gasteiger partial charge in [-0.1, -0.05) is 35.3 Å². The summed E-state index contributed by atoms with van der Waals surface area (Å²) in [5.74, 6) is 0.408. The van der Waals surface area contributed by atoms with E-state index in [2.05, 4.69) is 9.72 Å². The lowest BCUT2D eigenvalue weighted by Crippen LogP contribution is -2.17. The number of hydrogen-bond donors (Lipinski definition) is 1. The average Bonchev–Trinajstić information content (AvgIpc) is 3.11. The zero-order chi connectivity index (χ0) is 25.3. The number of hydrogen-bond acceptors (Lipinski definition) is 4. The lowest BCUT2D eigenvalue weighted by Gasteiger charge is -2.16. The Kier molecular flexibility index (Phi) is 6.75. The minimum atomic E-state index is -4.92. The third-order valence-electron chi connectivity index (χ3n) is 4.85. The summed E-state index contributed by atoms with van der Waals surface area (Å²) in [6.07, 6.45) is -4.93. The van der Waals surface area contributed by atoms with E-state index in [-0.39, 0.29) is 27.6 Å². The first-order chi connectivity index (χ1) is 16.6. The first-order valence-corrected chi connectivity index (χ1v) is 11.1. The molecule has 0 radical (unpaired) electrons. The van der Waals surface area contributed by atoms with E-state index in [1.54, 1.807) is 36.4 Å². The van der Waals surface area contributed by atoms with Crippen molar-refractivity contribution in [3.63, 3.8) is 0 Å². The summed E-state index contributed by atoms with van der Waals surface area (Å²) in [7, 11) is 0. The molecule has 0 unspecified atom stereocenters. The molecular weight excluding hydrogens is 504 g/mol. The fourth-order valence-electron chi connectivity index (χ4n) is 3.53. The van der Waals surface area contributed by atoms with Gasteiger partial charge in [0.05, 0.1) is 16.1 Å². The number of benzene rings is 3. The maximum Gasteiger partial charge on any atom is 0.573 e. The van der Waals surface area contributed by atoms with E-state index < -0.39 is 12.1 Å². The Hall–Kier alpha value is -3.54. The second-order valence-electron chi connectivity index (χ2n) is 7.72. The highest BCUT2D eigenvalue weighted by molar-refractivity contribution is 6.38. The van der Waals surface area contributed by atoms with Gasteiger partial charge >= 0.3 is 6.36 Å². The maximum absolute atomic E-state index is 12.8. The molecule has 0 aliphatic heterocycles. The summed E-state index contributed by atoms with van der Waals surface area (Å²) >= 11 is 12.4. The molecule has 1 aromatic heterocycles. The number of rotatable bonds is 6. The second-order valence-corrected chi connectivity index (χ2v) is 8.51. The van der Waals surface area contributed by atoms with Crippen molar-refractivity contribution < 1.29 is 27.4 Å². The van der Waals surface area contributed by atoms with Crippen molar-refractivity contribution in [1.29, 1.82) is 5.26 Å². The summed E-state index contributed by atoms with van der Waals surface area (Å²) in [6, 6.07) is 16.2. The van der Waals surface area contributed by atoms with Crippen LogP contribution in [0.4, 0.5) is 13.2 Å². The lowest BCUT2D eigenvalue weighted by molar-refractivity contribution is -0.274. The fourth-order valence-corrected chi connectivity index (χ4v) is 3.97. The summed E-state index contributed by atoms with van der Waals surface area (Å²) < 4.78 is 53.9. The molecule has 180 valence electrons. The Labute approximate surface area is 208 Å². The number of nitrogens with zero attached hydrogens (tertiary/aromatic N) is 1. The molecule has 5 nitrogen and oxygen atoms in total. The largest absolute Gasteiger partial charge is 0.573 e. The monoisotopic (exact) mass is 520 g/mol. The highest BCUT2D eigenvalue weighted by Crippen LogP contribution is 2.44. The van der Waals surface area contributed by atoms with Gasteiger partial charge in [-0.2, -0.15) is 5.26 Å². The van der Waals surface area contributed by atoms with Crippen LogP contribution in [0, 0.1) is 11.3 Å². The number of H-pyrrole nitrogens is 1. The Morgan fingerprint density at radius 2 is 1.63 bits per heavy atom. The van der Waals surface area contributed by atoms with Gasteiger partial charge in [-0.25, -0.2) is 0 Å². The predicted molar refractivity (Wildman–Crippen MR) is 127 cm³/mol. The molecule has 0 saturated carbocycles. The van der Waals surface area contributed by atoms with Gasteiger partial charge in [0.2, 0.25) is 0 Å². The van der Waals surface area contributed by atoms with Gasteiger partial charge in [0.15, 0.2) is 5.75 Å². The van der Waals surface area contributed by atoms with E-state index in [0.717, 1.165) is 6.07 Å². The van der Waals surface area contributed by atoms with Crippen LogP contribution in [0.2, 0.25) is 10.0 Å². The van der Waals surface area contributed by atoms with E-state index >= 15 is 0 Å². The lowest BCUT2D eigenvalue weighted by atomic mass is 10.00. The van der Waals surface area contributed by atoms with Crippen molar-refractivity contribution in [2.24, 2.45) is 0 Å². The van der Waals surface area contributed by atoms with Gasteiger partial charge in [0.1, 0.15) is 29.0 Å². The first-order valence-electron chi connectivity index (χ1n) is 10.3. The minimum Gasteiger partial charge on any atom is -0.491 e. The standard InChI is InChI=1S/C25H17Cl2F3N2O3/c1-13(2)33-15-5-3-14(4-6-15)22-20(10-9-18-23(22)24(27)19(12-31)32-18)34-16-7-8-17(26)21(11-16)35-25(28,29)30/h3-11,13,32H,1-2H3. The van der Waals surface area contributed by atoms with Crippen molar-refractivity contribution in [1.82, 2.24) is 4.98 Å². The number of nitriles is 1. The molecule has 35 heavy (non-hydrogen) atoms. The van der Waals surface area contributed by atoms with E-state index in [4.69, 9.17) is 32.7 Å². The third-order valence-corrected chi connectivity index (χ3v) is 5.54. The van der Waals surface area contributed by atoms with Crippen molar-refractivity contribution in [3.8, 4) is 40.2 Å². The van der Waals surface area contributed by atoms with Crippen molar-refractivity contribution in [3.05, 3.63) is 70.3 Å². The molecule has 0 atom stereocenters. The van der Waals surface area contributed by atoms with Gasteiger partial charge in [-0.05, 0) is 55.8 Å². The van der Waals surface area contributed by atoms with Crippen molar-refractivity contribution in [2.45, 2.75) is 26.3 Å². The van der Waals surface area contributed by atoms with Crippen LogP contribution < -0.4 is 14.2 Å². The Bertz CT molecular complexity index is 1430. The first kappa shape index (κ1) is 24.6. The molecule has 10 heteroatoms. The van der Waals surface area contributed by atoms with Crippen LogP contribution in [-0.2, 0) is 0 Å². The van der Waals surface area contributed by atoms with E-state index in [0.29, 0.717) is 33.5 Å². The summed E-state index contributed by atoms with van der Waals surface area (Å²) in [5.41, 5.74) is 1.99. The molecule has 0 fully saturated rings.